The molecule has 1 atom stereocenters. The third kappa shape index (κ3) is 4.23. The summed E-state index contributed by atoms with van der Waals surface area (Å²) >= 11 is 0. The number of aryl methyl sites for hydroxylation is 1. The van der Waals surface area contributed by atoms with Crippen LogP contribution in [0.15, 0.2) is 42.6 Å². The summed E-state index contributed by atoms with van der Waals surface area (Å²) in [5, 5.41) is 0. The average molecular weight is 341 g/mol. The minimum Gasteiger partial charge on any atom is -0.340 e. The van der Waals surface area contributed by atoms with E-state index in [4.69, 9.17) is 0 Å². The highest BCUT2D eigenvalue weighted by Crippen LogP contribution is 2.24. The molecule has 0 unspecified atom stereocenters. The summed E-state index contributed by atoms with van der Waals surface area (Å²) in [7, 11) is 0. The van der Waals surface area contributed by atoms with Crippen molar-refractivity contribution < 1.29 is 9.18 Å². The SMILES string of the molecule is Cc1ccc(CC(=O)N2CCN([C@@H](C)c3ccccc3F)CC2)cn1. The van der Waals surface area contributed by atoms with Gasteiger partial charge >= 0.3 is 0 Å². The lowest BCUT2D eigenvalue weighted by Crippen LogP contribution is -2.49. The summed E-state index contributed by atoms with van der Waals surface area (Å²) in [6, 6.07) is 10.8. The quantitative estimate of drug-likeness (QED) is 0.858. The highest BCUT2D eigenvalue weighted by atomic mass is 19.1. The second kappa shape index (κ2) is 7.74. The molecule has 1 aromatic heterocycles. The zero-order valence-corrected chi connectivity index (χ0v) is 14.8. The zero-order chi connectivity index (χ0) is 17.8. The topological polar surface area (TPSA) is 36.4 Å². The molecule has 25 heavy (non-hydrogen) atoms. The number of rotatable bonds is 4. The largest absolute Gasteiger partial charge is 0.340 e. The lowest BCUT2D eigenvalue weighted by molar-refractivity contribution is -0.132. The fourth-order valence-corrected chi connectivity index (χ4v) is 3.26. The predicted molar refractivity (Wildman–Crippen MR) is 95.6 cm³/mol. The third-order valence-electron chi connectivity index (χ3n) is 4.90. The van der Waals surface area contributed by atoms with Gasteiger partial charge in [-0.15, -0.1) is 0 Å². The van der Waals surface area contributed by atoms with Crippen molar-refractivity contribution in [1.29, 1.82) is 0 Å². The fourth-order valence-electron chi connectivity index (χ4n) is 3.26. The summed E-state index contributed by atoms with van der Waals surface area (Å²) in [6.45, 7) is 6.82. The maximum Gasteiger partial charge on any atom is 0.227 e. The lowest BCUT2D eigenvalue weighted by Gasteiger charge is -2.38. The summed E-state index contributed by atoms with van der Waals surface area (Å²) in [5.74, 6) is -0.0378. The van der Waals surface area contributed by atoms with Crippen LogP contribution in [-0.4, -0.2) is 46.9 Å². The molecular weight excluding hydrogens is 317 g/mol. The number of pyridine rings is 1. The maximum atomic E-state index is 14.0. The van der Waals surface area contributed by atoms with Gasteiger partial charge in [0.2, 0.25) is 5.91 Å². The molecule has 0 saturated carbocycles. The number of halogens is 1. The van der Waals surface area contributed by atoms with Gasteiger partial charge in [-0.05, 0) is 31.5 Å². The molecule has 0 bridgehead atoms. The van der Waals surface area contributed by atoms with Gasteiger partial charge in [-0.3, -0.25) is 14.7 Å². The lowest BCUT2D eigenvalue weighted by atomic mass is 10.1. The van der Waals surface area contributed by atoms with Crippen LogP contribution >= 0.6 is 0 Å². The van der Waals surface area contributed by atoms with E-state index in [0.717, 1.165) is 24.3 Å². The van der Waals surface area contributed by atoms with Gasteiger partial charge in [-0.1, -0.05) is 24.3 Å². The highest BCUT2D eigenvalue weighted by Gasteiger charge is 2.25. The van der Waals surface area contributed by atoms with Crippen molar-refractivity contribution in [2.45, 2.75) is 26.3 Å². The van der Waals surface area contributed by atoms with Gasteiger partial charge in [-0.2, -0.15) is 0 Å². The van der Waals surface area contributed by atoms with Crippen molar-refractivity contribution in [3.8, 4) is 0 Å². The van der Waals surface area contributed by atoms with Crippen LogP contribution in [0, 0.1) is 12.7 Å². The van der Waals surface area contributed by atoms with E-state index >= 15 is 0 Å². The average Bonchev–Trinajstić information content (AvgIpc) is 2.63. The molecule has 2 aromatic rings. The number of benzene rings is 1. The van der Waals surface area contributed by atoms with Crippen LogP contribution in [-0.2, 0) is 11.2 Å². The number of amides is 1. The molecule has 1 amide bonds. The molecule has 0 N–H and O–H groups in total. The Bertz CT molecular complexity index is 724. The van der Waals surface area contributed by atoms with Crippen molar-refractivity contribution in [2.75, 3.05) is 26.2 Å². The Morgan fingerprint density at radius 2 is 1.88 bits per heavy atom. The number of carbonyl (C=O) groups is 1. The molecule has 0 spiro atoms. The maximum absolute atomic E-state index is 14.0. The Morgan fingerprint density at radius 1 is 1.16 bits per heavy atom. The van der Waals surface area contributed by atoms with Crippen molar-refractivity contribution in [3.63, 3.8) is 0 Å². The molecule has 1 fully saturated rings. The first-order valence-electron chi connectivity index (χ1n) is 8.72. The number of hydrogen-bond acceptors (Lipinski definition) is 3. The Morgan fingerprint density at radius 3 is 2.52 bits per heavy atom. The standard InChI is InChI=1S/C20H24FN3O/c1-15-7-8-17(14-22-15)13-20(25)24-11-9-23(10-12-24)16(2)18-5-3-4-6-19(18)21/h3-8,14,16H,9-13H2,1-2H3/t16-/m0/s1. The van der Waals surface area contributed by atoms with Gasteiger partial charge in [0, 0.05) is 49.7 Å². The molecule has 0 radical (unpaired) electrons. The van der Waals surface area contributed by atoms with Gasteiger partial charge in [0.05, 0.1) is 6.42 Å². The minimum atomic E-state index is -0.166. The number of piperazine rings is 1. The Hall–Kier alpha value is -2.27. The van der Waals surface area contributed by atoms with Gasteiger partial charge in [0.1, 0.15) is 5.82 Å². The van der Waals surface area contributed by atoms with E-state index in [0.29, 0.717) is 25.1 Å². The summed E-state index contributed by atoms with van der Waals surface area (Å²) < 4.78 is 14.0. The first kappa shape index (κ1) is 17.5. The highest BCUT2D eigenvalue weighted by molar-refractivity contribution is 5.78. The Labute approximate surface area is 148 Å². The van der Waals surface area contributed by atoms with Crippen molar-refractivity contribution in [1.82, 2.24) is 14.8 Å². The summed E-state index contributed by atoms with van der Waals surface area (Å²) in [4.78, 5) is 20.8. The number of aromatic nitrogens is 1. The number of hydrogen-bond donors (Lipinski definition) is 0. The van der Waals surface area contributed by atoms with E-state index in [9.17, 15) is 9.18 Å². The predicted octanol–water partition coefficient (Wildman–Crippen LogP) is 2.98. The van der Waals surface area contributed by atoms with E-state index in [1.54, 1.807) is 12.3 Å². The van der Waals surface area contributed by atoms with Crippen LogP contribution in [0.1, 0.15) is 29.8 Å². The Balaban J connectivity index is 1.55. The summed E-state index contributed by atoms with van der Waals surface area (Å²) in [6.07, 6.45) is 2.15. The zero-order valence-electron chi connectivity index (χ0n) is 14.8. The van der Waals surface area contributed by atoms with E-state index in [1.165, 1.54) is 6.07 Å². The first-order valence-corrected chi connectivity index (χ1v) is 8.72. The second-order valence-electron chi connectivity index (χ2n) is 6.60. The molecule has 1 aliphatic rings. The molecule has 132 valence electrons. The van der Waals surface area contributed by atoms with Crippen LogP contribution in [0.5, 0.6) is 0 Å². The van der Waals surface area contributed by atoms with Gasteiger partial charge in [-0.25, -0.2) is 4.39 Å². The van der Waals surface area contributed by atoms with E-state index < -0.39 is 0 Å². The smallest absolute Gasteiger partial charge is 0.227 e. The summed E-state index contributed by atoms with van der Waals surface area (Å²) in [5.41, 5.74) is 2.61. The van der Waals surface area contributed by atoms with Crippen LogP contribution < -0.4 is 0 Å². The van der Waals surface area contributed by atoms with E-state index in [1.807, 2.05) is 43.0 Å². The molecule has 1 saturated heterocycles. The van der Waals surface area contributed by atoms with Gasteiger partial charge < -0.3 is 4.90 Å². The van der Waals surface area contributed by atoms with Crippen LogP contribution in [0.25, 0.3) is 0 Å². The third-order valence-corrected chi connectivity index (χ3v) is 4.90. The van der Waals surface area contributed by atoms with Crippen LogP contribution in [0.4, 0.5) is 4.39 Å². The normalized spacial score (nSPS) is 16.7. The van der Waals surface area contributed by atoms with E-state index in [2.05, 4.69) is 9.88 Å². The van der Waals surface area contributed by atoms with Crippen LogP contribution in [0.2, 0.25) is 0 Å². The molecule has 3 rings (SSSR count). The molecule has 0 aliphatic carbocycles. The second-order valence-corrected chi connectivity index (χ2v) is 6.60. The molecule has 1 aliphatic heterocycles. The molecule has 1 aromatic carbocycles. The fraction of sp³-hybridized carbons (Fsp3) is 0.400. The number of nitrogens with zero attached hydrogens (tertiary/aromatic N) is 3. The van der Waals surface area contributed by atoms with Crippen molar-refractivity contribution >= 4 is 5.91 Å². The van der Waals surface area contributed by atoms with Gasteiger partial charge in [0.15, 0.2) is 0 Å². The van der Waals surface area contributed by atoms with Crippen LogP contribution in [0.3, 0.4) is 0 Å². The van der Waals surface area contributed by atoms with Crippen molar-refractivity contribution in [2.24, 2.45) is 0 Å². The first-order chi connectivity index (χ1) is 12.0. The number of carbonyl (C=O) groups excluding carboxylic acids is 1. The molecular formula is C20H24FN3O. The van der Waals surface area contributed by atoms with Crippen molar-refractivity contribution in [3.05, 3.63) is 65.2 Å². The molecule has 2 heterocycles. The molecule has 4 nitrogen and oxygen atoms in total. The monoisotopic (exact) mass is 341 g/mol. The van der Waals surface area contributed by atoms with E-state index in [-0.39, 0.29) is 17.8 Å². The van der Waals surface area contributed by atoms with Gasteiger partial charge in [0.25, 0.3) is 0 Å². The Kier molecular flexibility index (Phi) is 5.43. The minimum absolute atomic E-state index is 0.0137. The molecule has 5 heteroatoms.